The van der Waals surface area contributed by atoms with Crippen LogP contribution in [0.15, 0.2) is 24.3 Å². The minimum Gasteiger partial charge on any atom is -0.508 e. The van der Waals surface area contributed by atoms with Crippen LogP contribution in [-0.2, 0) is 0 Å². The molecule has 0 spiro atoms. The Morgan fingerprint density at radius 2 is 1.74 bits per heavy atom. The molecule has 8 rings (SSSR count). The second-order valence-corrected chi connectivity index (χ2v) is 24.0. The molecule has 4 fully saturated rings. The molecule has 0 saturated carbocycles. The van der Waals surface area contributed by atoms with E-state index in [0.29, 0.717) is 31.4 Å². The van der Waals surface area contributed by atoms with Crippen molar-refractivity contribution in [3.05, 3.63) is 47.3 Å². The van der Waals surface area contributed by atoms with Gasteiger partial charge in [0.1, 0.15) is 43.8 Å². The first-order valence-corrected chi connectivity index (χ1v) is 23.0. The Hall–Kier alpha value is -4.12. The molecule has 13 heteroatoms. The van der Waals surface area contributed by atoms with Crippen molar-refractivity contribution in [3.63, 3.8) is 0 Å². The molecule has 0 radical (unpaired) electrons. The van der Waals surface area contributed by atoms with Gasteiger partial charge in [0.25, 0.3) is 0 Å². The van der Waals surface area contributed by atoms with Gasteiger partial charge in [0.05, 0.1) is 29.2 Å². The van der Waals surface area contributed by atoms with E-state index in [1.807, 2.05) is 4.90 Å². The van der Waals surface area contributed by atoms with E-state index in [1.165, 1.54) is 31.4 Å². The van der Waals surface area contributed by atoms with Crippen LogP contribution in [0.3, 0.4) is 0 Å². The van der Waals surface area contributed by atoms with Gasteiger partial charge in [-0.3, -0.25) is 4.90 Å². The van der Waals surface area contributed by atoms with Crippen molar-refractivity contribution in [2.75, 3.05) is 44.8 Å². The Kier molecular flexibility index (Phi) is 10.4. The van der Waals surface area contributed by atoms with Gasteiger partial charge in [0, 0.05) is 48.6 Å². The number of rotatable bonds is 9. The Bertz CT molecular complexity index is 2330. The van der Waals surface area contributed by atoms with Crippen LogP contribution in [0.4, 0.5) is 23.4 Å². The molecule has 2 unspecified atom stereocenters. The molecule has 2 N–H and O–H groups in total. The summed E-state index contributed by atoms with van der Waals surface area (Å²) in [5.74, 6) is 0.216. The molecule has 5 heterocycles. The van der Waals surface area contributed by atoms with Gasteiger partial charge in [-0.25, -0.2) is 17.6 Å². The van der Waals surface area contributed by atoms with E-state index in [1.54, 1.807) is 0 Å². The molecular formula is C45H55F4N5O3Si. The minimum absolute atomic E-state index is 0.00391. The van der Waals surface area contributed by atoms with Crippen molar-refractivity contribution in [3.8, 4) is 40.1 Å². The molecule has 4 aliphatic heterocycles. The molecular weight excluding hydrogens is 763 g/mol. The molecule has 8 nitrogen and oxygen atoms in total. The number of alkyl halides is 1. The molecule has 0 aliphatic carbocycles. The summed E-state index contributed by atoms with van der Waals surface area (Å²) in [7, 11) is -1.07. The second-order valence-electron chi connectivity index (χ2n) is 18.4. The SMILES string of the molecule is COc1c(F)c(-c2cc(O)cc3ccc(F)c(C#C[Si](C(C)C)(C(C)C)C(C)C)c23)c(F)c2nc(OC[C@@]34CCCN3C[C@H](F)C4)nc(N3CC4CCC(C)(C3)N4)c12. The van der Waals surface area contributed by atoms with E-state index in [0.717, 1.165) is 32.2 Å². The van der Waals surface area contributed by atoms with E-state index >= 15 is 13.2 Å². The lowest BCUT2D eigenvalue weighted by atomic mass is 9.92. The molecule has 310 valence electrons. The van der Waals surface area contributed by atoms with Gasteiger partial charge in [-0.2, -0.15) is 9.97 Å². The second kappa shape index (κ2) is 14.9. The number of aromatic nitrogens is 2. The summed E-state index contributed by atoms with van der Waals surface area (Å²) < 4.78 is 78.3. The van der Waals surface area contributed by atoms with Crippen molar-refractivity contribution in [1.29, 1.82) is 0 Å². The quantitative estimate of drug-likeness (QED) is 0.0983. The van der Waals surface area contributed by atoms with E-state index < -0.39 is 42.8 Å². The third kappa shape index (κ3) is 6.58. The Morgan fingerprint density at radius 3 is 2.43 bits per heavy atom. The maximum absolute atomic E-state index is 17.8. The first kappa shape index (κ1) is 40.6. The van der Waals surface area contributed by atoms with E-state index in [2.05, 4.69) is 75.1 Å². The topological polar surface area (TPSA) is 83.0 Å². The van der Waals surface area contributed by atoms with Crippen LogP contribution >= 0.6 is 0 Å². The summed E-state index contributed by atoms with van der Waals surface area (Å²) in [4.78, 5) is 13.6. The fraction of sp³-hybridized carbons (Fsp3) is 0.556. The number of phenolic OH excluding ortho intramolecular Hbond substituents is 1. The van der Waals surface area contributed by atoms with Crippen molar-refractivity contribution >= 4 is 35.6 Å². The predicted molar refractivity (Wildman–Crippen MR) is 224 cm³/mol. The zero-order valence-corrected chi connectivity index (χ0v) is 35.8. The Morgan fingerprint density at radius 1 is 1.00 bits per heavy atom. The normalized spacial score (nSPS) is 24.7. The van der Waals surface area contributed by atoms with Crippen LogP contribution in [0.1, 0.15) is 86.1 Å². The lowest BCUT2D eigenvalue weighted by molar-refractivity contribution is 0.107. The number of methoxy groups -OCH3 is 1. The van der Waals surface area contributed by atoms with E-state index in [4.69, 9.17) is 14.5 Å². The fourth-order valence-electron chi connectivity index (χ4n) is 11.3. The van der Waals surface area contributed by atoms with E-state index in [9.17, 15) is 9.50 Å². The molecule has 2 bridgehead atoms. The van der Waals surface area contributed by atoms with Crippen LogP contribution in [0.5, 0.6) is 17.5 Å². The van der Waals surface area contributed by atoms with Crippen LogP contribution in [0, 0.1) is 28.9 Å². The molecule has 0 amide bonds. The molecule has 4 atom stereocenters. The number of piperazine rings is 1. The first-order valence-electron chi connectivity index (χ1n) is 20.8. The summed E-state index contributed by atoms with van der Waals surface area (Å²) in [6.45, 7) is 17.3. The maximum Gasteiger partial charge on any atom is 0.319 e. The van der Waals surface area contributed by atoms with Gasteiger partial charge < -0.3 is 24.8 Å². The van der Waals surface area contributed by atoms with Crippen LogP contribution in [0.25, 0.3) is 32.8 Å². The average Bonchev–Trinajstić information content (AvgIpc) is 3.78. The first-order chi connectivity index (χ1) is 27.5. The van der Waals surface area contributed by atoms with Gasteiger partial charge in [-0.05, 0) is 79.4 Å². The number of nitrogens with one attached hydrogen (secondary N) is 1. The molecule has 3 aromatic carbocycles. The summed E-state index contributed by atoms with van der Waals surface area (Å²) in [6.07, 6.45) is 2.88. The number of hydrogen-bond donors (Lipinski definition) is 2. The van der Waals surface area contributed by atoms with Crippen molar-refractivity contribution in [1.82, 2.24) is 20.2 Å². The number of hydrogen-bond acceptors (Lipinski definition) is 8. The molecule has 4 aromatic rings. The average molecular weight is 818 g/mol. The number of aromatic hydroxyl groups is 1. The van der Waals surface area contributed by atoms with Gasteiger partial charge in [-0.15, -0.1) is 5.54 Å². The monoisotopic (exact) mass is 817 g/mol. The summed E-state index contributed by atoms with van der Waals surface area (Å²) in [6, 6.07) is 5.46. The summed E-state index contributed by atoms with van der Waals surface area (Å²) in [5, 5.41) is 15.3. The minimum atomic E-state index is -2.38. The highest BCUT2D eigenvalue weighted by Gasteiger charge is 2.50. The lowest BCUT2D eigenvalue weighted by Gasteiger charge is -2.40. The number of benzene rings is 3. The Balaban J connectivity index is 1.37. The van der Waals surface area contributed by atoms with Gasteiger partial charge in [0.15, 0.2) is 17.4 Å². The third-order valence-electron chi connectivity index (χ3n) is 13.8. The molecule has 1 aromatic heterocycles. The van der Waals surface area contributed by atoms with Crippen molar-refractivity contribution < 1.29 is 32.1 Å². The summed E-state index contributed by atoms with van der Waals surface area (Å²) in [5.41, 5.74) is 2.69. The third-order valence-corrected chi connectivity index (χ3v) is 20.1. The van der Waals surface area contributed by atoms with Crippen molar-refractivity contribution in [2.45, 2.75) is 120 Å². The zero-order chi connectivity index (χ0) is 41.5. The predicted octanol–water partition coefficient (Wildman–Crippen LogP) is 9.44. The highest BCUT2D eigenvalue weighted by atomic mass is 28.3. The molecule has 4 saturated heterocycles. The summed E-state index contributed by atoms with van der Waals surface area (Å²) >= 11 is 0. The van der Waals surface area contributed by atoms with Crippen LogP contribution in [-0.4, -0.2) is 91.2 Å². The number of nitrogens with zero attached hydrogens (tertiary/aromatic N) is 4. The number of fused-ring (bicyclic) bond motifs is 5. The van der Waals surface area contributed by atoms with E-state index in [-0.39, 0.29) is 85.6 Å². The van der Waals surface area contributed by atoms with Gasteiger partial charge >= 0.3 is 6.01 Å². The number of phenols is 1. The molecule has 58 heavy (non-hydrogen) atoms. The van der Waals surface area contributed by atoms with Crippen molar-refractivity contribution in [2.24, 2.45) is 0 Å². The largest absolute Gasteiger partial charge is 0.508 e. The standard InChI is InChI=1S/C45H55F4N5O3Si/c1-25(2)58(26(3)4,27(5)6)17-13-32-34(47)11-10-28-18-31(55)19-33(35(28)32)36-38(48)40-37(41(56-8)39(36)49)42(53-22-30-12-15-44(7,23-53)52-30)51-43(50-40)57-24-45-14-9-16-54(45)21-29(46)20-45/h10-11,18-19,25-27,29-30,52,55H,9,12,14-16,20-24H2,1-8H3/t29-,30?,44?,45+/m1/s1. The Labute approximate surface area is 339 Å². The van der Waals surface area contributed by atoms with Gasteiger partial charge in [0.2, 0.25) is 0 Å². The number of anilines is 1. The fourth-order valence-corrected chi connectivity index (χ4v) is 16.5. The maximum atomic E-state index is 17.8. The number of ether oxygens (including phenoxy) is 2. The highest BCUT2D eigenvalue weighted by Crippen LogP contribution is 2.48. The van der Waals surface area contributed by atoms with Gasteiger partial charge in [-0.1, -0.05) is 53.5 Å². The number of halogens is 4. The lowest BCUT2D eigenvalue weighted by Crippen LogP contribution is -2.58. The van der Waals surface area contributed by atoms with Crippen LogP contribution < -0.4 is 19.7 Å². The zero-order valence-electron chi connectivity index (χ0n) is 34.8. The molecule has 4 aliphatic rings. The highest BCUT2D eigenvalue weighted by molar-refractivity contribution is 6.90. The van der Waals surface area contributed by atoms with Crippen LogP contribution in [0.2, 0.25) is 16.6 Å². The smallest absolute Gasteiger partial charge is 0.319 e.